The zero-order valence-electron chi connectivity index (χ0n) is 15.4. The van der Waals surface area contributed by atoms with Crippen LogP contribution in [0.2, 0.25) is 0 Å². The Kier molecular flexibility index (Phi) is 4.15. The minimum atomic E-state index is -0.190. The van der Waals surface area contributed by atoms with Crippen LogP contribution in [0.4, 0.5) is 4.39 Å². The number of allylic oxidation sites excluding steroid dienone is 1. The number of halogens is 1. The Hall–Kier alpha value is -1.89. The molecule has 0 aliphatic heterocycles. The second-order valence-electron chi connectivity index (χ2n) is 8.41. The summed E-state index contributed by atoms with van der Waals surface area (Å²) in [4.78, 5) is 0. The molecule has 2 aromatic carbocycles. The number of rotatable bonds is 2. The summed E-state index contributed by atoms with van der Waals surface area (Å²) in [6.45, 7) is 11.5. The summed E-state index contributed by atoms with van der Waals surface area (Å²) >= 11 is 0. The van der Waals surface area contributed by atoms with Gasteiger partial charge >= 0.3 is 0 Å². The molecule has 0 saturated heterocycles. The molecule has 0 atom stereocenters. The van der Waals surface area contributed by atoms with Crippen molar-refractivity contribution in [1.29, 1.82) is 0 Å². The summed E-state index contributed by atoms with van der Waals surface area (Å²) in [6, 6.07) is 13.6. The van der Waals surface area contributed by atoms with Crippen molar-refractivity contribution in [3.05, 3.63) is 70.5 Å². The van der Waals surface area contributed by atoms with E-state index in [9.17, 15) is 4.39 Å². The van der Waals surface area contributed by atoms with Crippen molar-refractivity contribution in [2.75, 3.05) is 0 Å². The van der Waals surface area contributed by atoms with Crippen LogP contribution in [0.1, 0.15) is 69.7 Å². The maximum Gasteiger partial charge on any atom is 0.123 e. The van der Waals surface area contributed by atoms with Crippen LogP contribution >= 0.6 is 0 Å². The van der Waals surface area contributed by atoms with Gasteiger partial charge in [-0.2, -0.15) is 0 Å². The fourth-order valence-electron chi connectivity index (χ4n) is 3.74. The first-order valence-corrected chi connectivity index (χ1v) is 8.78. The fourth-order valence-corrected chi connectivity index (χ4v) is 3.74. The molecule has 0 fully saturated rings. The molecule has 0 saturated carbocycles. The lowest BCUT2D eigenvalue weighted by Crippen LogP contribution is -2.33. The van der Waals surface area contributed by atoms with Crippen LogP contribution in [-0.2, 0) is 10.8 Å². The molecule has 126 valence electrons. The van der Waals surface area contributed by atoms with Crippen LogP contribution in [0.25, 0.3) is 11.6 Å². The van der Waals surface area contributed by atoms with Gasteiger partial charge in [0.05, 0.1) is 0 Å². The van der Waals surface area contributed by atoms with E-state index in [2.05, 4.69) is 58.9 Å². The Bertz CT molecular complexity index is 776. The van der Waals surface area contributed by atoms with E-state index in [0.29, 0.717) is 0 Å². The lowest BCUT2D eigenvalue weighted by molar-refractivity contribution is 0.332. The largest absolute Gasteiger partial charge is 0.207 e. The monoisotopic (exact) mass is 322 g/mol. The van der Waals surface area contributed by atoms with E-state index in [1.165, 1.54) is 41.7 Å². The molecule has 0 amide bonds. The van der Waals surface area contributed by atoms with Crippen molar-refractivity contribution in [2.24, 2.45) is 0 Å². The standard InChI is InChI=1S/C23H27F/c1-16(18-7-9-19(24)10-8-18)14-17-6-11-20-21(15-17)23(4,5)13-12-22(20,2)3/h6-11,14-15H,12-13H2,1-5H3/b16-14+. The van der Waals surface area contributed by atoms with Gasteiger partial charge in [-0.25, -0.2) is 4.39 Å². The molecular formula is C23H27F. The van der Waals surface area contributed by atoms with Crippen LogP contribution < -0.4 is 0 Å². The van der Waals surface area contributed by atoms with E-state index in [1.54, 1.807) is 0 Å². The normalized spacial score (nSPS) is 19.0. The third-order valence-electron chi connectivity index (χ3n) is 5.56. The minimum absolute atomic E-state index is 0.190. The predicted octanol–water partition coefficient (Wildman–Crippen LogP) is 6.74. The highest BCUT2D eigenvalue weighted by Gasteiger charge is 2.36. The molecule has 2 aromatic rings. The average molecular weight is 322 g/mol. The highest BCUT2D eigenvalue weighted by atomic mass is 19.1. The van der Waals surface area contributed by atoms with Crippen LogP contribution in [0.3, 0.4) is 0 Å². The van der Waals surface area contributed by atoms with E-state index < -0.39 is 0 Å². The second-order valence-corrected chi connectivity index (χ2v) is 8.41. The van der Waals surface area contributed by atoms with Gasteiger partial charge in [-0.3, -0.25) is 0 Å². The summed E-state index contributed by atoms with van der Waals surface area (Å²) < 4.78 is 13.1. The average Bonchev–Trinajstić information content (AvgIpc) is 2.52. The van der Waals surface area contributed by atoms with Gasteiger partial charge in [0.25, 0.3) is 0 Å². The molecule has 0 radical (unpaired) electrons. The van der Waals surface area contributed by atoms with Crippen molar-refractivity contribution >= 4 is 11.6 Å². The van der Waals surface area contributed by atoms with Crippen LogP contribution in [0.15, 0.2) is 42.5 Å². The Morgan fingerprint density at radius 1 is 0.875 bits per heavy atom. The molecule has 24 heavy (non-hydrogen) atoms. The van der Waals surface area contributed by atoms with Crippen molar-refractivity contribution in [3.63, 3.8) is 0 Å². The number of hydrogen-bond acceptors (Lipinski definition) is 0. The van der Waals surface area contributed by atoms with Crippen molar-refractivity contribution < 1.29 is 4.39 Å². The van der Waals surface area contributed by atoms with E-state index in [4.69, 9.17) is 0 Å². The Balaban J connectivity index is 2.02. The van der Waals surface area contributed by atoms with E-state index in [-0.39, 0.29) is 16.6 Å². The molecule has 0 aromatic heterocycles. The summed E-state index contributed by atoms with van der Waals surface area (Å²) in [5.74, 6) is -0.190. The summed E-state index contributed by atoms with van der Waals surface area (Å²) in [5.41, 5.74) is 6.87. The molecule has 1 aliphatic rings. The van der Waals surface area contributed by atoms with E-state index in [0.717, 1.165) is 11.1 Å². The molecule has 0 N–H and O–H groups in total. The van der Waals surface area contributed by atoms with Crippen LogP contribution in [0.5, 0.6) is 0 Å². The molecule has 1 heteroatoms. The first-order chi connectivity index (χ1) is 11.2. The predicted molar refractivity (Wildman–Crippen MR) is 102 cm³/mol. The minimum Gasteiger partial charge on any atom is -0.207 e. The maximum atomic E-state index is 13.1. The fraction of sp³-hybridized carbons (Fsp3) is 0.391. The van der Waals surface area contributed by atoms with Crippen LogP contribution in [-0.4, -0.2) is 0 Å². The quantitative estimate of drug-likeness (QED) is 0.537. The zero-order valence-corrected chi connectivity index (χ0v) is 15.4. The zero-order chi connectivity index (χ0) is 17.5. The molecule has 0 heterocycles. The van der Waals surface area contributed by atoms with Crippen LogP contribution in [0, 0.1) is 5.82 Å². The van der Waals surface area contributed by atoms with Crippen molar-refractivity contribution in [2.45, 2.75) is 58.3 Å². The lowest BCUT2D eigenvalue weighted by Gasteiger charge is -2.42. The van der Waals surface area contributed by atoms with Gasteiger partial charge in [0.1, 0.15) is 5.82 Å². The SMILES string of the molecule is C/C(=C\c1ccc2c(c1)C(C)(C)CCC2(C)C)c1ccc(F)cc1. The second kappa shape index (κ2) is 5.88. The lowest BCUT2D eigenvalue weighted by atomic mass is 9.63. The molecule has 0 unspecified atom stereocenters. The van der Waals surface area contributed by atoms with Gasteiger partial charge in [-0.15, -0.1) is 0 Å². The van der Waals surface area contributed by atoms with Gasteiger partial charge in [-0.05, 0) is 70.6 Å². The summed E-state index contributed by atoms with van der Waals surface area (Å²) in [6.07, 6.45) is 4.65. The third kappa shape index (κ3) is 3.17. The smallest absolute Gasteiger partial charge is 0.123 e. The molecule has 1 aliphatic carbocycles. The first-order valence-electron chi connectivity index (χ1n) is 8.78. The Labute approximate surface area is 145 Å². The first kappa shape index (κ1) is 17.0. The topological polar surface area (TPSA) is 0 Å². The van der Waals surface area contributed by atoms with Gasteiger partial charge < -0.3 is 0 Å². The van der Waals surface area contributed by atoms with E-state index in [1.807, 2.05) is 12.1 Å². The molecule has 0 nitrogen and oxygen atoms in total. The highest BCUT2D eigenvalue weighted by molar-refractivity contribution is 5.80. The number of fused-ring (bicyclic) bond motifs is 1. The maximum absolute atomic E-state index is 13.1. The summed E-state index contributed by atoms with van der Waals surface area (Å²) in [5, 5.41) is 0. The van der Waals surface area contributed by atoms with Crippen molar-refractivity contribution in [1.82, 2.24) is 0 Å². The Morgan fingerprint density at radius 2 is 1.46 bits per heavy atom. The van der Waals surface area contributed by atoms with E-state index >= 15 is 0 Å². The molecular weight excluding hydrogens is 295 g/mol. The van der Waals surface area contributed by atoms with Gasteiger partial charge in [0.2, 0.25) is 0 Å². The number of hydrogen-bond donors (Lipinski definition) is 0. The number of benzene rings is 2. The van der Waals surface area contributed by atoms with Gasteiger partial charge in [0.15, 0.2) is 0 Å². The highest BCUT2D eigenvalue weighted by Crippen LogP contribution is 2.46. The molecule has 0 bridgehead atoms. The molecule has 0 spiro atoms. The van der Waals surface area contributed by atoms with Gasteiger partial charge in [-0.1, -0.05) is 64.1 Å². The Morgan fingerprint density at radius 3 is 2.08 bits per heavy atom. The summed E-state index contributed by atoms with van der Waals surface area (Å²) in [7, 11) is 0. The third-order valence-corrected chi connectivity index (χ3v) is 5.56. The van der Waals surface area contributed by atoms with Crippen molar-refractivity contribution in [3.8, 4) is 0 Å². The molecule has 3 rings (SSSR count). The van der Waals surface area contributed by atoms with Gasteiger partial charge in [0, 0.05) is 0 Å².